The van der Waals surface area contributed by atoms with E-state index in [0.29, 0.717) is 5.92 Å². The lowest BCUT2D eigenvalue weighted by Crippen LogP contribution is -2.07. The maximum absolute atomic E-state index is 10.9. The van der Waals surface area contributed by atoms with E-state index in [-0.39, 0.29) is 12.1 Å². The molecule has 0 aromatic carbocycles. The first-order valence-electron chi connectivity index (χ1n) is 5.08. The van der Waals surface area contributed by atoms with Gasteiger partial charge in [-0.1, -0.05) is 6.92 Å². The lowest BCUT2D eigenvalue weighted by molar-refractivity contribution is -0.146. The molecule has 4 nitrogen and oxygen atoms in total. The molecular formula is C11H14N2O2. The molecule has 1 aliphatic carbocycles. The van der Waals surface area contributed by atoms with Crippen LogP contribution in [0.25, 0.3) is 0 Å². The predicted molar refractivity (Wildman–Crippen MR) is 54.3 cm³/mol. The fraction of sp³-hybridized carbons (Fsp3) is 0.545. The predicted octanol–water partition coefficient (Wildman–Crippen LogP) is 1.90. The SMILES string of the molecule is CC(=O)OC1CC(C)c2ncc(C)nc21. The van der Waals surface area contributed by atoms with Crippen LogP contribution < -0.4 is 0 Å². The molecule has 15 heavy (non-hydrogen) atoms. The van der Waals surface area contributed by atoms with Gasteiger partial charge in [-0.15, -0.1) is 0 Å². The van der Waals surface area contributed by atoms with E-state index in [1.54, 1.807) is 6.20 Å². The van der Waals surface area contributed by atoms with Crippen LogP contribution in [0.15, 0.2) is 6.20 Å². The van der Waals surface area contributed by atoms with Gasteiger partial charge in [0.2, 0.25) is 0 Å². The van der Waals surface area contributed by atoms with E-state index in [2.05, 4.69) is 16.9 Å². The van der Waals surface area contributed by atoms with Crippen molar-refractivity contribution in [3.63, 3.8) is 0 Å². The first-order valence-corrected chi connectivity index (χ1v) is 5.08. The number of aromatic nitrogens is 2. The van der Waals surface area contributed by atoms with E-state index >= 15 is 0 Å². The molecule has 0 saturated carbocycles. The van der Waals surface area contributed by atoms with Gasteiger partial charge in [0.15, 0.2) is 0 Å². The molecule has 0 aliphatic heterocycles. The second-order valence-corrected chi connectivity index (χ2v) is 4.02. The standard InChI is InChI=1S/C11H14N2O2/c1-6-4-9(15-8(3)14)11-10(6)12-5-7(2)13-11/h5-6,9H,4H2,1-3H3. The average Bonchev–Trinajstić information content (AvgIpc) is 2.42. The van der Waals surface area contributed by atoms with Gasteiger partial charge in [0.25, 0.3) is 0 Å². The van der Waals surface area contributed by atoms with Crippen LogP contribution in [0, 0.1) is 6.92 Å². The van der Waals surface area contributed by atoms with Crippen molar-refractivity contribution < 1.29 is 9.53 Å². The highest BCUT2D eigenvalue weighted by molar-refractivity contribution is 5.66. The quantitative estimate of drug-likeness (QED) is 0.658. The molecule has 4 heteroatoms. The number of aryl methyl sites for hydroxylation is 1. The number of carbonyl (C=O) groups excluding carboxylic acids is 1. The molecule has 2 unspecified atom stereocenters. The molecule has 80 valence electrons. The summed E-state index contributed by atoms with van der Waals surface area (Å²) < 4.78 is 5.22. The zero-order valence-corrected chi connectivity index (χ0v) is 9.15. The number of nitrogens with zero attached hydrogens (tertiary/aromatic N) is 2. The van der Waals surface area contributed by atoms with Gasteiger partial charge < -0.3 is 4.74 Å². The molecule has 0 amide bonds. The Morgan fingerprint density at radius 1 is 1.53 bits per heavy atom. The molecular weight excluding hydrogens is 192 g/mol. The van der Waals surface area contributed by atoms with Gasteiger partial charge in [-0.2, -0.15) is 0 Å². The highest BCUT2D eigenvalue weighted by Gasteiger charge is 2.33. The second-order valence-electron chi connectivity index (χ2n) is 4.02. The van der Waals surface area contributed by atoms with Crippen LogP contribution in [-0.4, -0.2) is 15.9 Å². The summed E-state index contributed by atoms with van der Waals surface area (Å²) in [4.78, 5) is 19.7. The minimum absolute atomic E-state index is 0.208. The van der Waals surface area contributed by atoms with Crippen molar-refractivity contribution in [1.29, 1.82) is 0 Å². The van der Waals surface area contributed by atoms with Gasteiger partial charge in [-0.3, -0.25) is 14.8 Å². The van der Waals surface area contributed by atoms with Crippen molar-refractivity contribution in [2.24, 2.45) is 0 Å². The number of hydrogen-bond donors (Lipinski definition) is 0. The summed E-state index contributed by atoms with van der Waals surface area (Å²) in [7, 11) is 0. The molecule has 0 radical (unpaired) electrons. The average molecular weight is 206 g/mol. The number of fused-ring (bicyclic) bond motifs is 1. The van der Waals surface area contributed by atoms with Crippen molar-refractivity contribution in [2.45, 2.75) is 39.2 Å². The molecule has 1 heterocycles. The number of carbonyl (C=O) groups is 1. The van der Waals surface area contributed by atoms with Gasteiger partial charge >= 0.3 is 5.97 Å². The van der Waals surface area contributed by atoms with E-state index in [1.807, 2.05) is 6.92 Å². The minimum atomic E-state index is -0.261. The third kappa shape index (κ3) is 1.84. The molecule has 2 atom stereocenters. The Hall–Kier alpha value is -1.45. The Morgan fingerprint density at radius 3 is 2.93 bits per heavy atom. The zero-order chi connectivity index (χ0) is 11.0. The van der Waals surface area contributed by atoms with E-state index in [9.17, 15) is 4.79 Å². The number of rotatable bonds is 1. The maximum Gasteiger partial charge on any atom is 0.303 e. The summed E-state index contributed by atoms with van der Waals surface area (Å²) in [5.41, 5.74) is 2.66. The molecule has 0 bridgehead atoms. The Balaban J connectivity index is 2.35. The Labute approximate surface area is 88.7 Å². The van der Waals surface area contributed by atoms with Crippen LogP contribution in [0.4, 0.5) is 0 Å². The summed E-state index contributed by atoms with van der Waals surface area (Å²) in [6.07, 6.45) is 2.34. The number of ether oxygens (including phenoxy) is 1. The second kappa shape index (κ2) is 3.61. The lowest BCUT2D eigenvalue weighted by Gasteiger charge is -2.10. The normalized spacial score (nSPS) is 23.7. The fourth-order valence-corrected chi connectivity index (χ4v) is 1.97. The Morgan fingerprint density at radius 2 is 2.27 bits per heavy atom. The monoisotopic (exact) mass is 206 g/mol. The minimum Gasteiger partial charge on any atom is -0.456 e. The lowest BCUT2D eigenvalue weighted by atomic mass is 10.1. The van der Waals surface area contributed by atoms with Crippen molar-refractivity contribution in [2.75, 3.05) is 0 Å². The first kappa shape index (κ1) is 10.1. The van der Waals surface area contributed by atoms with E-state index in [1.165, 1.54) is 6.92 Å². The summed E-state index contributed by atoms with van der Waals surface area (Å²) in [6.45, 7) is 5.39. The Bertz CT molecular complexity index is 404. The summed E-state index contributed by atoms with van der Waals surface area (Å²) in [5.74, 6) is 0.0563. The van der Waals surface area contributed by atoms with Crippen molar-refractivity contribution >= 4 is 5.97 Å². The van der Waals surface area contributed by atoms with Gasteiger partial charge in [-0.25, -0.2) is 0 Å². The molecule has 0 saturated heterocycles. The number of hydrogen-bond acceptors (Lipinski definition) is 4. The molecule has 2 rings (SSSR count). The summed E-state index contributed by atoms with van der Waals surface area (Å²) in [6, 6.07) is 0. The van der Waals surface area contributed by atoms with Crippen LogP contribution in [0.2, 0.25) is 0 Å². The maximum atomic E-state index is 10.9. The molecule has 0 fully saturated rings. The third-order valence-electron chi connectivity index (χ3n) is 2.60. The van der Waals surface area contributed by atoms with E-state index in [0.717, 1.165) is 23.5 Å². The van der Waals surface area contributed by atoms with E-state index in [4.69, 9.17) is 4.74 Å². The molecule has 1 aromatic heterocycles. The van der Waals surface area contributed by atoms with Gasteiger partial charge in [0.05, 0.1) is 11.4 Å². The Kier molecular flexibility index (Phi) is 2.42. The molecule has 0 N–H and O–H groups in total. The van der Waals surface area contributed by atoms with Crippen molar-refractivity contribution in [3.05, 3.63) is 23.3 Å². The van der Waals surface area contributed by atoms with Crippen molar-refractivity contribution in [3.8, 4) is 0 Å². The third-order valence-corrected chi connectivity index (χ3v) is 2.60. The molecule has 0 spiro atoms. The largest absolute Gasteiger partial charge is 0.456 e. The van der Waals surface area contributed by atoms with Crippen LogP contribution in [0.5, 0.6) is 0 Å². The van der Waals surface area contributed by atoms with Crippen LogP contribution in [-0.2, 0) is 9.53 Å². The number of esters is 1. The van der Waals surface area contributed by atoms with Gasteiger partial charge in [0, 0.05) is 19.0 Å². The molecule has 1 aromatic rings. The topological polar surface area (TPSA) is 52.1 Å². The van der Waals surface area contributed by atoms with Gasteiger partial charge in [-0.05, 0) is 13.3 Å². The van der Waals surface area contributed by atoms with Crippen LogP contribution in [0.1, 0.15) is 49.4 Å². The van der Waals surface area contributed by atoms with Crippen LogP contribution >= 0.6 is 0 Å². The first-order chi connectivity index (χ1) is 7.08. The van der Waals surface area contributed by atoms with E-state index < -0.39 is 0 Å². The van der Waals surface area contributed by atoms with Crippen molar-refractivity contribution in [1.82, 2.24) is 9.97 Å². The van der Waals surface area contributed by atoms with Crippen LogP contribution in [0.3, 0.4) is 0 Å². The highest BCUT2D eigenvalue weighted by atomic mass is 16.5. The van der Waals surface area contributed by atoms with Gasteiger partial charge in [0.1, 0.15) is 11.8 Å². The zero-order valence-electron chi connectivity index (χ0n) is 9.15. The smallest absolute Gasteiger partial charge is 0.303 e. The summed E-state index contributed by atoms with van der Waals surface area (Å²) >= 11 is 0. The highest BCUT2D eigenvalue weighted by Crippen LogP contribution is 2.39. The fourth-order valence-electron chi connectivity index (χ4n) is 1.97. The summed E-state index contributed by atoms with van der Waals surface area (Å²) in [5, 5.41) is 0. The molecule has 1 aliphatic rings.